The molecule has 3 rings (SSSR count). The molecule has 0 saturated heterocycles. The number of aliphatic imine (C=N–C) groups is 1. The van der Waals surface area contributed by atoms with Gasteiger partial charge in [-0.25, -0.2) is 4.99 Å². The van der Waals surface area contributed by atoms with Crippen LogP contribution in [0.4, 0.5) is 0 Å². The lowest BCUT2D eigenvalue weighted by Crippen LogP contribution is -2.53. The van der Waals surface area contributed by atoms with Gasteiger partial charge in [0, 0.05) is 35.0 Å². The molecule has 0 spiro atoms. The highest BCUT2D eigenvalue weighted by Crippen LogP contribution is 2.45. The number of aliphatic hydroxyl groups excluding tert-OH is 3. The van der Waals surface area contributed by atoms with Gasteiger partial charge in [0.1, 0.15) is 11.4 Å². The molecule has 0 unspecified atom stereocenters. The topological polar surface area (TPSA) is 147 Å². The summed E-state index contributed by atoms with van der Waals surface area (Å²) in [5.74, 6) is -0.323. The normalized spacial score (nSPS) is 18.7. The SMILES string of the molecule is CC(C)(C)OC(=O)CC[C@@]1(C(=O)NC(CO)CO)N=C(c2ccc(OCCCO)cc2)O[C@@H]1c1ccccc1Br. The van der Waals surface area contributed by atoms with Crippen LogP contribution in [0.2, 0.25) is 0 Å². The molecule has 0 aromatic heterocycles. The lowest BCUT2D eigenvalue weighted by molar-refractivity contribution is -0.155. The van der Waals surface area contributed by atoms with Crippen molar-refractivity contribution in [2.75, 3.05) is 26.4 Å². The predicted octanol–water partition coefficient (Wildman–Crippen LogP) is 3.06. The number of aliphatic hydroxyl groups is 3. The number of amides is 1. The largest absolute Gasteiger partial charge is 0.494 e. The first-order valence-electron chi connectivity index (χ1n) is 13.1. The summed E-state index contributed by atoms with van der Waals surface area (Å²) >= 11 is 3.55. The molecular formula is C29H37BrN2O8. The summed E-state index contributed by atoms with van der Waals surface area (Å²) in [5.41, 5.74) is -1.13. The molecule has 0 saturated carbocycles. The molecule has 0 bridgehead atoms. The van der Waals surface area contributed by atoms with Gasteiger partial charge in [-0.2, -0.15) is 0 Å². The predicted molar refractivity (Wildman–Crippen MR) is 152 cm³/mol. The Balaban J connectivity index is 2.06. The molecule has 4 N–H and O–H groups in total. The van der Waals surface area contributed by atoms with E-state index in [0.717, 1.165) is 0 Å². The summed E-state index contributed by atoms with van der Waals surface area (Å²) in [6.45, 7) is 4.70. The molecular weight excluding hydrogens is 584 g/mol. The summed E-state index contributed by atoms with van der Waals surface area (Å²) in [6.07, 6.45) is -0.635. The molecule has 10 nitrogen and oxygen atoms in total. The standard InChI is InChI=1S/C29H37BrN2O8/c1-28(2,3)40-24(36)13-14-29(27(37)31-20(17-34)18-35)25(22-7-4-5-8-23(22)30)39-26(32-29)19-9-11-21(12-10-19)38-16-6-15-33/h4-5,7-12,20,25,33-35H,6,13-18H2,1-3H3,(H,31,37)/t25-,29-/m1/s1. The second-order valence-corrected chi connectivity index (χ2v) is 11.3. The summed E-state index contributed by atoms with van der Waals surface area (Å²) in [4.78, 5) is 31.5. The third-order valence-corrected chi connectivity index (χ3v) is 6.85. The van der Waals surface area contributed by atoms with Gasteiger partial charge in [-0.05, 0) is 57.5 Å². The number of carbonyl (C=O) groups excluding carboxylic acids is 2. The minimum atomic E-state index is -1.63. The maximum atomic E-state index is 13.9. The molecule has 1 aliphatic heterocycles. The zero-order chi connectivity index (χ0) is 29.3. The molecule has 0 radical (unpaired) electrons. The molecule has 2 atom stereocenters. The molecule has 40 heavy (non-hydrogen) atoms. The van der Waals surface area contributed by atoms with Crippen molar-refractivity contribution in [3.8, 4) is 5.75 Å². The molecule has 11 heteroatoms. The quantitative estimate of drug-likeness (QED) is 0.197. The van der Waals surface area contributed by atoms with Crippen molar-refractivity contribution in [1.82, 2.24) is 5.32 Å². The molecule has 218 valence electrons. The van der Waals surface area contributed by atoms with E-state index in [4.69, 9.17) is 24.3 Å². The Morgan fingerprint density at radius 1 is 1.10 bits per heavy atom. The van der Waals surface area contributed by atoms with Crippen molar-refractivity contribution in [2.24, 2.45) is 4.99 Å². The van der Waals surface area contributed by atoms with E-state index in [-0.39, 0.29) is 25.3 Å². The fourth-order valence-corrected chi connectivity index (χ4v) is 4.67. The number of nitrogens with zero attached hydrogens (tertiary/aromatic N) is 1. The molecule has 1 amide bonds. The first-order valence-corrected chi connectivity index (χ1v) is 13.9. The third-order valence-electron chi connectivity index (χ3n) is 6.12. The number of hydrogen-bond donors (Lipinski definition) is 4. The second kappa shape index (κ2) is 14.1. The van der Waals surface area contributed by atoms with Gasteiger partial charge in [-0.3, -0.25) is 9.59 Å². The van der Waals surface area contributed by atoms with Gasteiger partial charge in [0.15, 0.2) is 11.6 Å². The monoisotopic (exact) mass is 620 g/mol. The van der Waals surface area contributed by atoms with Gasteiger partial charge >= 0.3 is 5.97 Å². The van der Waals surface area contributed by atoms with Gasteiger partial charge in [0.2, 0.25) is 5.90 Å². The highest BCUT2D eigenvalue weighted by Gasteiger charge is 2.54. The van der Waals surface area contributed by atoms with E-state index in [2.05, 4.69) is 21.2 Å². The number of esters is 1. The highest BCUT2D eigenvalue weighted by atomic mass is 79.9. The number of benzene rings is 2. The second-order valence-electron chi connectivity index (χ2n) is 10.4. The molecule has 1 heterocycles. The maximum Gasteiger partial charge on any atom is 0.306 e. The summed E-state index contributed by atoms with van der Waals surface area (Å²) in [6, 6.07) is 13.3. The van der Waals surface area contributed by atoms with Crippen LogP contribution in [0.5, 0.6) is 5.75 Å². The fourth-order valence-electron chi connectivity index (χ4n) is 4.18. The number of ether oxygens (including phenoxy) is 3. The molecule has 0 fully saturated rings. The van der Waals surface area contributed by atoms with Crippen LogP contribution in [0, 0.1) is 0 Å². The van der Waals surface area contributed by atoms with E-state index >= 15 is 0 Å². The van der Waals surface area contributed by atoms with Gasteiger partial charge < -0.3 is 34.8 Å². The lowest BCUT2D eigenvalue weighted by atomic mass is 9.83. The Morgan fingerprint density at radius 3 is 2.38 bits per heavy atom. The first-order chi connectivity index (χ1) is 19.0. The highest BCUT2D eigenvalue weighted by molar-refractivity contribution is 9.10. The minimum absolute atomic E-state index is 0.0278. The average molecular weight is 622 g/mol. The molecule has 1 aliphatic rings. The van der Waals surface area contributed by atoms with Crippen LogP contribution in [0.25, 0.3) is 0 Å². The van der Waals surface area contributed by atoms with E-state index in [0.29, 0.717) is 34.4 Å². The van der Waals surface area contributed by atoms with Crippen LogP contribution in [0.1, 0.15) is 57.3 Å². The van der Waals surface area contributed by atoms with Crippen molar-refractivity contribution < 1.29 is 39.1 Å². The van der Waals surface area contributed by atoms with Gasteiger partial charge in [-0.1, -0.05) is 34.1 Å². The van der Waals surface area contributed by atoms with Crippen LogP contribution < -0.4 is 10.1 Å². The van der Waals surface area contributed by atoms with E-state index < -0.39 is 48.4 Å². The Kier molecular flexibility index (Phi) is 11.1. The summed E-state index contributed by atoms with van der Waals surface area (Å²) < 4.78 is 18.2. The number of hydrogen-bond acceptors (Lipinski definition) is 9. The molecule has 2 aromatic rings. The van der Waals surface area contributed by atoms with Crippen LogP contribution in [0.15, 0.2) is 58.0 Å². The van der Waals surface area contributed by atoms with E-state index in [1.165, 1.54) is 0 Å². The zero-order valence-corrected chi connectivity index (χ0v) is 24.5. The lowest BCUT2D eigenvalue weighted by Gasteiger charge is -2.32. The summed E-state index contributed by atoms with van der Waals surface area (Å²) in [5, 5.41) is 31.0. The zero-order valence-electron chi connectivity index (χ0n) is 22.9. The van der Waals surface area contributed by atoms with Crippen molar-refractivity contribution in [3.63, 3.8) is 0 Å². The number of nitrogens with one attached hydrogen (secondary N) is 1. The van der Waals surface area contributed by atoms with Crippen LogP contribution in [-0.2, 0) is 19.1 Å². The fraction of sp³-hybridized carbons (Fsp3) is 0.483. The van der Waals surface area contributed by atoms with Crippen molar-refractivity contribution in [2.45, 2.75) is 63.3 Å². The van der Waals surface area contributed by atoms with Gasteiger partial charge in [0.05, 0.1) is 25.9 Å². The van der Waals surface area contributed by atoms with Crippen LogP contribution in [0.3, 0.4) is 0 Å². The Labute approximate surface area is 242 Å². The summed E-state index contributed by atoms with van der Waals surface area (Å²) in [7, 11) is 0. The Morgan fingerprint density at radius 2 is 1.77 bits per heavy atom. The van der Waals surface area contributed by atoms with E-state index in [1.807, 2.05) is 12.1 Å². The van der Waals surface area contributed by atoms with E-state index in [9.17, 15) is 19.8 Å². The molecule has 0 aliphatic carbocycles. The van der Waals surface area contributed by atoms with Crippen molar-refractivity contribution >= 4 is 33.7 Å². The average Bonchev–Trinajstić information content (AvgIpc) is 3.31. The Hall–Kier alpha value is -2.99. The van der Waals surface area contributed by atoms with Crippen molar-refractivity contribution in [1.29, 1.82) is 0 Å². The van der Waals surface area contributed by atoms with Gasteiger partial charge in [0.25, 0.3) is 5.91 Å². The number of carbonyl (C=O) groups is 2. The molecule has 2 aromatic carbocycles. The minimum Gasteiger partial charge on any atom is -0.494 e. The van der Waals surface area contributed by atoms with E-state index in [1.54, 1.807) is 57.2 Å². The smallest absolute Gasteiger partial charge is 0.306 e. The third kappa shape index (κ3) is 8.03. The Bertz CT molecular complexity index is 1180. The van der Waals surface area contributed by atoms with Crippen LogP contribution in [-0.4, -0.2) is 76.7 Å². The van der Waals surface area contributed by atoms with Crippen molar-refractivity contribution in [3.05, 3.63) is 64.1 Å². The van der Waals surface area contributed by atoms with Crippen LogP contribution >= 0.6 is 15.9 Å². The number of rotatable bonds is 13. The number of halogens is 1. The van der Waals surface area contributed by atoms with Gasteiger partial charge in [-0.15, -0.1) is 0 Å². The maximum absolute atomic E-state index is 13.9. The first kappa shape index (κ1) is 31.5.